The van der Waals surface area contributed by atoms with E-state index in [0.29, 0.717) is 12.8 Å². The molecule has 0 saturated heterocycles. The largest absolute Gasteiger partial charge is 0.460 e. The Hall–Kier alpha value is -6.78. The van der Waals surface area contributed by atoms with Crippen LogP contribution in [0.2, 0.25) is 0 Å². The van der Waals surface area contributed by atoms with Crippen molar-refractivity contribution in [1.82, 2.24) is 0 Å². The van der Waals surface area contributed by atoms with Crippen LogP contribution in [0.5, 0.6) is 0 Å². The summed E-state index contributed by atoms with van der Waals surface area (Å²) >= 11 is 0. The van der Waals surface area contributed by atoms with E-state index in [4.69, 9.17) is 8.83 Å². The van der Waals surface area contributed by atoms with Crippen LogP contribution >= 0.6 is 0 Å². The molecule has 490 valence electrons. The van der Waals surface area contributed by atoms with Gasteiger partial charge in [0.15, 0.2) is 0 Å². The second-order valence-electron chi connectivity index (χ2n) is 33.6. The molecule has 2 heterocycles. The molecule has 8 aromatic carbocycles. The molecule has 1 saturated carbocycles. The molecule has 0 amide bonds. The molecule has 2 aromatic heterocycles. The highest BCUT2D eigenvalue weighted by atomic mass is 19.3. The number of aryl methyl sites for hydroxylation is 8. The van der Waals surface area contributed by atoms with E-state index >= 15 is 0 Å². The first-order valence-electron chi connectivity index (χ1n) is 34.0. The third-order valence-electron chi connectivity index (χ3n) is 19.7. The van der Waals surface area contributed by atoms with Crippen molar-refractivity contribution in [2.24, 2.45) is 0 Å². The predicted octanol–water partition coefficient (Wildman–Crippen LogP) is 27.0. The van der Waals surface area contributed by atoms with Gasteiger partial charge in [-0.15, -0.1) is 0 Å². The molecule has 2 nitrogen and oxygen atoms in total. The number of fused-ring (bicyclic) bond motifs is 6. The summed E-state index contributed by atoms with van der Waals surface area (Å²) < 4.78 is 39.0. The van der Waals surface area contributed by atoms with E-state index in [2.05, 4.69) is 309 Å². The molecular weight excluding hydrogens is 1130 g/mol. The van der Waals surface area contributed by atoms with Gasteiger partial charge in [0.2, 0.25) is 5.92 Å². The highest BCUT2D eigenvalue weighted by molar-refractivity contribution is 6.16. The van der Waals surface area contributed by atoms with E-state index in [9.17, 15) is 8.78 Å². The summed E-state index contributed by atoms with van der Waals surface area (Å²) in [4.78, 5) is 0. The third-order valence-corrected chi connectivity index (χ3v) is 19.7. The Balaban J connectivity index is 0.000000150. The lowest BCUT2D eigenvalue weighted by Gasteiger charge is -2.31. The summed E-state index contributed by atoms with van der Waals surface area (Å²) in [6, 6.07) is 42.0. The molecule has 1 fully saturated rings. The highest BCUT2D eigenvalue weighted by Crippen LogP contribution is 2.52. The Bertz CT molecular complexity index is 4340. The van der Waals surface area contributed by atoms with Crippen LogP contribution in [0, 0.1) is 69.2 Å². The zero-order chi connectivity index (χ0) is 68.5. The first-order valence-corrected chi connectivity index (χ1v) is 34.0. The fourth-order valence-corrected chi connectivity index (χ4v) is 14.5. The molecule has 0 bridgehead atoms. The molecule has 2 aliphatic carbocycles. The Morgan fingerprint density at radius 1 is 0.370 bits per heavy atom. The van der Waals surface area contributed by atoms with Crippen LogP contribution in [0.15, 0.2) is 124 Å². The Morgan fingerprint density at radius 2 is 0.848 bits per heavy atom. The van der Waals surface area contributed by atoms with Gasteiger partial charge in [-0.25, -0.2) is 8.78 Å². The molecule has 0 N–H and O–H groups in total. The molecule has 10 aromatic rings. The summed E-state index contributed by atoms with van der Waals surface area (Å²) in [5.74, 6) is -0.0130. The fourth-order valence-electron chi connectivity index (χ4n) is 14.5. The number of benzene rings is 8. The number of rotatable bonds is 1. The Labute approximate surface area is 554 Å². The third kappa shape index (κ3) is 15.1. The zero-order valence-electron chi connectivity index (χ0n) is 61.9. The smallest absolute Gasteiger partial charge is 0.248 e. The monoisotopic (exact) mass is 1240 g/mol. The zero-order valence-corrected chi connectivity index (χ0v) is 61.9. The Kier molecular flexibility index (Phi) is 20.0. The number of alkyl halides is 2. The van der Waals surface area contributed by atoms with Crippen LogP contribution in [0.25, 0.3) is 65.7 Å². The minimum atomic E-state index is -2.47. The molecule has 0 atom stereocenters. The second-order valence-corrected chi connectivity index (χ2v) is 33.6. The average molecular weight is 1240 g/mol. The molecule has 0 spiro atoms. The molecule has 12 rings (SSSR count). The van der Waals surface area contributed by atoms with E-state index in [1.165, 1.54) is 138 Å². The van der Waals surface area contributed by atoms with Crippen LogP contribution in [0.1, 0.15) is 251 Å². The lowest BCUT2D eigenvalue weighted by atomic mass is 9.75. The van der Waals surface area contributed by atoms with Gasteiger partial charge in [-0.05, 0) is 256 Å². The van der Waals surface area contributed by atoms with Crippen molar-refractivity contribution in [3.05, 3.63) is 210 Å². The quantitative estimate of drug-likeness (QED) is 0.164. The van der Waals surface area contributed by atoms with Gasteiger partial charge in [-0.1, -0.05) is 221 Å². The summed E-state index contributed by atoms with van der Waals surface area (Å²) in [6.07, 6.45) is 1.21. The number of halogens is 2. The van der Waals surface area contributed by atoms with Gasteiger partial charge in [0.05, 0.1) is 0 Å². The summed E-state index contributed by atoms with van der Waals surface area (Å²) in [7, 11) is 0. The maximum absolute atomic E-state index is 13.5. The fraction of sp³-hybridized carbons (Fsp3) is 0.455. The predicted molar refractivity (Wildman–Crippen MR) is 397 cm³/mol. The number of hydrogen-bond donors (Lipinski definition) is 0. The van der Waals surface area contributed by atoms with Crippen LogP contribution < -0.4 is 0 Å². The van der Waals surface area contributed by atoms with Crippen molar-refractivity contribution < 1.29 is 17.6 Å². The van der Waals surface area contributed by atoms with Crippen LogP contribution in [0.4, 0.5) is 8.78 Å². The van der Waals surface area contributed by atoms with E-state index in [-0.39, 0.29) is 51.2 Å². The minimum absolute atomic E-state index is 0.0186. The first-order chi connectivity index (χ1) is 42.3. The summed E-state index contributed by atoms with van der Waals surface area (Å²) in [5, 5.41) is 7.80. The van der Waals surface area contributed by atoms with Crippen molar-refractivity contribution in [2.75, 3.05) is 0 Å². The molecule has 0 radical (unpaired) electrons. The number of hydrogen-bond acceptors (Lipinski definition) is 2. The first kappa shape index (κ1) is 71.1. The van der Waals surface area contributed by atoms with E-state index in [1.807, 2.05) is 0 Å². The topological polar surface area (TPSA) is 26.3 Å². The average Bonchev–Trinajstić information content (AvgIpc) is 1.56. The molecule has 0 aliphatic heterocycles. The van der Waals surface area contributed by atoms with E-state index in [0.717, 1.165) is 22.7 Å². The maximum atomic E-state index is 13.5. The van der Waals surface area contributed by atoms with Gasteiger partial charge in [0.1, 0.15) is 22.7 Å². The van der Waals surface area contributed by atoms with Crippen molar-refractivity contribution in [2.45, 2.75) is 264 Å². The molecule has 2 aliphatic rings. The van der Waals surface area contributed by atoms with Gasteiger partial charge in [-0.3, -0.25) is 0 Å². The summed E-state index contributed by atoms with van der Waals surface area (Å²) in [5.41, 5.74) is 29.1. The minimum Gasteiger partial charge on any atom is -0.460 e. The molecule has 92 heavy (non-hydrogen) atoms. The van der Waals surface area contributed by atoms with Crippen LogP contribution in [-0.4, -0.2) is 5.92 Å². The van der Waals surface area contributed by atoms with E-state index in [1.54, 1.807) is 0 Å². The van der Waals surface area contributed by atoms with Gasteiger partial charge in [0, 0.05) is 34.4 Å². The molecule has 4 heteroatoms. The van der Waals surface area contributed by atoms with Gasteiger partial charge in [-0.2, -0.15) is 0 Å². The lowest BCUT2D eigenvalue weighted by Crippen LogP contribution is -2.24. The van der Waals surface area contributed by atoms with Crippen molar-refractivity contribution in [3.8, 4) is 22.3 Å². The van der Waals surface area contributed by atoms with Crippen molar-refractivity contribution in [3.63, 3.8) is 0 Å². The van der Waals surface area contributed by atoms with Gasteiger partial charge in [0.25, 0.3) is 0 Å². The highest BCUT2D eigenvalue weighted by Gasteiger charge is 2.37. The van der Waals surface area contributed by atoms with Crippen LogP contribution in [-0.2, 0) is 32.5 Å². The van der Waals surface area contributed by atoms with Gasteiger partial charge < -0.3 is 8.83 Å². The molecular formula is C88H112F2O2. The standard InChI is InChI=1S/C22H22.C21H26F2.C16H26.C15H20O.C14H18O/c1-13-12-18(22(3,4)5)14(2)20-17-11-7-9-15-8-6-10-16(19(13)20)21(15)17;1-14-16-7-5-6-8-17(16)18(13-19(14)20(2,3)4)15-9-11-21(22,23)12-10-15;1-11-9-13(15(3,4)5)10-14(12(11)2)16(6,7)8;1-9-7-12-11(3)14(15(4,5)6)16-13(12)8-10(9)2;1-9-6-7-12-11(8-9)10(2)13(15-12)14(3,4)5/h6-12H,1-5H3;5-8,13,15H,9-12H2,1-4H3;9-10H,1-8H3;7-8H,1-6H3;6-8H,1-5H3. The summed E-state index contributed by atoms with van der Waals surface area (Å²) in [6.45, 7) is 62.3. The van der Waals surface area contributed by atoms with Crippen molar-refractivity contribution >= 4 is 43.5 Å². The van der Waals surface area contributed by atoms with Crippen molar-refractivity contribution in [1.29, 1.82) is 0 Å². The normalized spacial score (nSPS) is 14.3. The molecule has 0 unspecified atom stereocenters. The SMILES string of the molecule is Cc1c(C(C)(C)C)cc(C2CCC(F)(F)CC2)c2ccccc12.Cc1cc(C(C)(C)C)c(C)c2c1-c1cccc3cccc-2c13.Cc1cc(C(C)(C)C)cc(C(C)(C)C)c1C.Cc1cc2oc(C(C)(C)C)c(C)c2cc1C.Cc1ccc2oc(C(C)(C)C)c(C)c2c1. The Morgan fingerprint density at radius 3 is 1.37 bits per heavy atom. The maximum Gasteiger partial charge on any atom is 0.248 e. The number of furan rings is 2. The van der Waals surface area contributed by atoms with Gasteiger partial charge >= 0.3 is 0 Å². The van der Waals surface area contributed by atoms with Crippen LogP contribution in [0.3, 0.4) is 0 Å². The van der Waals surface area contributed by atoms with E-state index < -0.39 is 5.92 Å². The lowest BCUT2D eigenvalue weighted by molar-refractivity contribution is -0.0381. The second kappa shape index (κ2) is 25.8.